The van der Waals surface area contributed by atoms with Gasteiger partial charge in [-0.1, -0.05) is 29.3 Å². The Morgan fingerprint density at radius 3 is 2.61 bits per heavy atom. The molecular weight excluding hydrogens is 278 g/mol. The normalized spacial score (nSPS) is 10.2. The average molecular weight is 285 g/mol. The quantitative estimate of drug-likeness (QED) is 0.761. The molecule has 5 heteroatoms. The summed E-state index contributed by atoms with van der Waals surface area (Å²) < 4.78 is 18.9. The molecule has 0 saturated heterocycles. The minimum absolute atomic E-state index is 0.112. The zero-order chi connectivity index (χ0) is 13.1. The van der Waals surface area contributed by atoms with Crippen LogP contribution in [0.2, 0.25) is 10.0 Å². The van der Waals surface area contributed by atoms with Gasteiger partial charge in [-0.2, -0.15) is 0 Å². The van der Waals surface area contributed by atoms with Crippen molar-refractivity contribution >= 4 is 29.5 Å². The lowest BCUT2D eigenvalue weighted by molar-refractivity contribution is 0.112. The minimum atomic E-state index is -0.634. The molecule has 2 aromatic carbocycles. The number of aldehydes is 1. The molecule has 0 N–H and O–H groups in total. The van der Waals surface area contributed by atoms with Crippen LogP contribution in [-0.2, 0) is 0 Å². The van der Waals surface area contributed by atoms with Gasteiger partial charge in [-0.3, -0.25) is 4.79 Å². The molecule has 0 heterocycles. The molecular formula is C13H7Cl2FO2. The monoisotopic (exact) mass is 284 g/mol. The molecule has 0 aliphatic heterocycles. The highest BCUT2D eigenvalue weighted by Gasteiger charge is 2.12. The fourth-order valence-corrected chi connectivity index (χ4v) is 1.84. The van der Waals surface area contributed by atoms with E-state index in [0.717, 1.165) is 0 Å². The first-order chi connectivity index (χ1) is 8.61. The Labute approximate surface area is 113 Å². The Hall–Kier alpha value is -1.58. The van der Waals surface area contributed by atoms with Crippen molar-refractivity contribution in [2.45, 2.75) is 0 Å². The first-order valence-electron chi connectivity index (χ1n) is 4.98. The number of hydrogen-bond acceptors (Lipinski definition) is 2. The SMILES string of the molecule is O=Cc1cccc(F)c1Oc1ccc(Cl)cc1Cl. The smallest absolute Gasteiger partial charge is 0.173 e. The summed E-state index contributed by atoms with van der Waals surface area (Å²) in [6.45, 7) is 0. The zero-order valence-corrected chi connectivity index (χ0v) is 10.5. The Balaban J connectivity index is 2.42. The molecule has 0 atom stereocenters. The molecule has 92 valence electrons. The van der Waals surface area contributed by atoms with Gasteiger partial charge in [0.2, 0.25) is 0 Å². The summed E-state index contributed by atoms with van der Waals surface area (Å²) in [6.07, 6.45) is 0.516. The van der Waals surface area contributed by atoms with E-state index in [-0.39, 0.29) is 22.1 Å². The van der Waals surface area contributed by atoms with Gasteiger partial charge in [0.05, 0.1) is 10.6 Å². The lowest BCUT2D eigenvalue weighted by atomic mass is 10.2. The maximum atomic E-state index is 13.6. The molecule has 0 fully saturated rings. The third-order valence-corrected chi connectivity index (χ3v) is 2.76. The predicted octanol–water partition coefficient (Wildman–Crippen LogP) is 4.74. The van der Waals surface area contributed by atoms with E-state index in [0.29, 0.717) is 11.3 Å². The second-order valence-electron chi connectivity index (χ2n) is 3.45. The van der Waals surface area contributed by atoms with Crippen LogP contribution >= 0.6 is 23.2 Å². The molecule has 18 heavy (non-hydrogen) atoms. The topological polar surface area (TPSA) is 26.3 Å². The predicted molar refractivity (Wildman–Crippen MR) is 68.3 cm³/mol. The van der Waals surface area contributed by atoms with Crippen molar-refractivity contribution in [1.82, 2.24) is 0 Å². The Morgan fingerprint density at radius 2 is 1.94 bits per heavy atom. The number of rotatable bonds is 3. The van der Waals surface area contributed by atoms with Crippen LogP contribution in [0, 0.1) is 5.82 Å². The van der Waals surface area contributed by atoms with Gasteiger partial charge in [0.25, 0.3) is 0 Å². The number of hydrogen-bond donors (Lipinski definition) is 0. The van der Waals surface area contributed by atoms with Gasteiger partial charge in [0.15, 0.2) is 17.9 Å². The Bertz CT molecular complexity index is 600. The van der Waals surface area contributed by atoms with E-state index < -0.39 is 5.82 Å². The van der Waals surface area contributed by atoms with Gasteiger partial charge in [0.1, 0.15) is 5.75 Å². The largest absolute Gasteiger partial charge is 0.452 e. The molecule has 0 spiro atoms. The summed E-state index contributed by atoms with van der Waals surface area (Å²) in [4.78, 5) is 10.8. The molecule has 0 aliphatic carbocycles. The average Bonchev–Trinajstić information content (AvgIpc) is 2.34. The molecule has 0 aromatic heterocycles. The highest BCUT2D eigenvalue weighted by Crippen LogP contribution is 2.33. The molecule has 2 rings (SSSR count). The van der Waals surface area contributed by atoms with Crippen LogP contribution in [0.3, 0.4) is 0 Å². The van der Waals surface area contributed by atoms with Crippen molar-refractivity contribution in [2.24, 2.45) is 0 Å². The second kappa shape index (κ2) is 5.38. The first kappa shape index (κ1) is 12.9. The van der Waals surface area contributed by atoms with Crippen molar-refractivity contribution in [2.75, 3.05) is 0 Å². The van der Waals surface area contributed by atoms with Crippen molar-refractivity contribution in [3.05, 3.63) is 57.8 Å². The van der Waals surface area contributed by atoms with Gasteiger partial charge in [0, 0.05) is 5.02 Å². The molecule has 0 bridgehead atoms. The summed E-state index contributed by atoms with van der Waals surface area (Å²) in [6, 6.07) is 8.62. The number of benzene rings is 2. The number of halogens is 3. The fraction of sp³-hybridized carbons (Fsp3) is 0. The maximum absolute atomic E-state index is 13.6. The number of carbonyl (C=O) groups is 1. The summed E-state index contributed by atoms with van der Waals surface area (Å²) in [5.74, 6) is -0.559. The molecule has 0 aliphatic rings. The highest BCUT2D eigenvalue weighted by atomic mass is 35.5. The summed E-state index contributed by atoms with van der Waals surface area (Å²) in [7, 11) is 0. The molecule has 0 amide bonds. The van der Waals surface area contributed by atoms with Crippen LogP contribution in [-0.4, -0.2) is 6.29 Å². The molecule has 2 nitrogen and oxygen atoms in total. The maximum Gasteiger partial charge on any atom is 0.173 e. The fourth-order valence-electron chi connectivity index (χ4n) is 1.39. The van der Waals surface area contributed by atoms with Gasteiger partial charge < -0.3 is 4.74 Å². The number of ether oxygens (including phenoxy) is 1. The van der Waals surface area contributed by atoms with Crippen LogP contribution in [0.15, 0.2) is 36.4 Å². The van der Waals surface area contributed by atoms with Crippen molar-refractivity contribution in [1.29, 1.82) is 0 Å². The van der Waals surface area contributed by atoms with E-state index in [9.17, 15) is 9.18 Å². The van der Waals surface area contributed by atoms with Crippen molar-refractivity contribution < 1.29 is 13.9 Å². The molecule has 0 unspecified atom stereocenters. The zero-order valence-electron chi connectivity index (χ0n) is 8.99. The minimum Gasteiger partial charge on any atom is -0.452 e. The second-order valence-corrected chi connectivity index (χ2v) is 4.30. The van der Waals surface area contributed by atoms with E-state index in [1.165, 1.54) is 30.3 Å². The summed E-state index contributed by atoms with van der Waals surface area (Å²) >= 11 is 11.6. The molecule has 0 radical (unpaired) electrons. The first-order valence-corrected chi connectivity index (χ1v) is 5.74. The van der Waals surface area contributed by atoms with E-state index >= 15 is 0 Å². The lowest BCUT2D eigenvalue weighted by Crippen LogP contribution is -1.94. The third kappa shape index (κ3) is 2.63. The van der Waals surface area contributed by atoms with Gasteiger partial charge in [-0.25, -0.2) is 4.39 Å². The van der Waals surface area contributed by atoms with Crippen LogP contribution in [0.5, 0.6) is 11.5 Å². The molecule has 0 saturated carbocycles. The van der Waals surface area contributed by atoms with Gasteiger partial charge in [-0.05, 0) is 30.3 Å². The summed E-state index contributed by atoms with van der Waals surface area (Å²) in [5.41, 5.74) is 0.112. The summed E-state index contributed by atoms with van der Waals surface area (Å²) in [5, 5.41) is 0.680. The highest BCUT2D eigenvalue weighted by molar-refractivity contribution is 6.35. The number of para-hydroxylation sites is 1. The Morgan fingerprint density at radius 1 is 1.17 bits per heavy atom. The van der Waals surface area contributed by atoms with Crippen LogP contribution in [0.4, 0.5) is 4.39 Å². The van der Waals surface area contributed by atoms with Crippen LogP contribution in [0.1, 0.15) is 10.4 Å². The van der Waals surface area contributed by atoms with Crippen LogP contribution in [0.25, 0.3) is 0 Å². The lowest BCUT2D eigenvalue weighted by Gasteiger charge is -2.10. The van der Waals surface area contributed by atoms with E-state index in [2.05, 4.69) is 0 Å². The number of carbonyl (C=O) groups excluding carboxylic acids is 1. The third-order valence-electron chi connectivity index (χ3n) is 2.23. The van der Waals surface area contributed by atoms with E-state index in [1.54, 1.807) is 6.07 Å². The van der Waals surface area contributed by atoms with Crippen molar-refractivity contribution in [3.8, 4) is 11.5 Å². The van der Waals surface area contributed by atoms with Crippen molar-refractivity contribution in [3.63, 3.8) is 0 Å². The van der Waals surface area contributed by atoms with E-state index in [4.69, 9.17) is 27.9 Å². The standard InChI is InChI=1S/C13H7Cl2FO2/c14-9-4-5-12(10(15)6-9)18-13-8(7-17)2-1-3-11(13)16/h1-7H. The van der Waals surface area contributed by atoms with Crippen LogP contribution < -0.4 is 4.74 Å². The van der Waals surface area contributed by atoms with Gasteiger partial charge in [-0.15, -0.1) is 0 Å². The van der Waals surface area contributed by atoms with Gasteiger partial charge >= 0.3 is 0 Å². The molecule has 2 aromatic rings. The Kier molecular flexibility index (Phi) is 3.84. The van der Waals surface area contributed by atoms with E-state index in [1.807, 2.05) is 0 Å².